The average Bonchev–Trinajstić information content (AvgIpc) is 1.62. The average molecular weight is 142 g/mol. The highest BCUT2D eigenvalue weighted by atomic mass is 31.2. The van der Waals surface area contributed by atoms with E-state index >= 15 is 0 Å². The van der Waals surface area contributed by atoms with E-state index < -0.39 is 14.4 Å². The van der Waals surface area contributed by atoms with E-state index in [1.807, 2.05) is 0 Å². The third kappa shape index (κ3) is 6.07. The number of phosphoric ester groups is 1. The molecule has 5 nitrogen and oxygen atoms in total. The van der Waals surface area contributed by atoms with Gasteiger partial charge in [-0.05, 0) is 0 Å². The second-order valence-electron chi connectivity index (χ2n) is 0.998. The number of phosphoric acid groups is 1. The summed E-state index contributed by atoms with van der Waals surface area (Å²) in [5, 5.41) is 0. The molecule has 1 atom stereocenters. The molecule has 0 aromatic heterocycles. The molecule has 0 aliphatic carbocycles. The van der Waals surface area contributed by atoms with Crippen molar-refractivity contribution >= 4 is 7.82 Å². The molecule has 0 amide bonds. The van der Waals surface area contributed by atoms with Gasteiger partial charge in [0.1, 0.15) is 0 Å². The maximum absolute atomic E-state index is 9.90. The van der Waals surface area contributed by atoms with Gasteiger partial charge < -0.3 is 15.5 Å². The van der Waals surface area contributed by atoms with Crippen molar-refractivity contribution in [3.8, 4) is 0 Å². The summed E-state index contributed by atoms with van der Waals surface area (Å²) in [5.74, 6) is 0. The van der Waals surface area contributed by atoms with Crippen LogP contribution in [0.5, 0.6) is 0 Å². The fourth-order valence-electron chi connectivity index (χ4n) is 0.140. The third-order valence-electron chi connectivity index (χ3n) is 0.308. The normalized spacial score (nSPS) is 17.6. The van der Waals surface area contributed by atoms with Crippen LogP contribution in [0.1, 0.15) is 1.37 Å². The van der Waals surface area contributed by atoms with Crippen LogP contribution in [0.4, 0.5) is 0 Å². The van der Waals surface area contributed by atoms with Crippen molar-refractivity contribution in [1.29, 1.82) is 0 Å². The van der Waals surface area contributed by atoms with Gasteiger partial charge in [0.25, 0.3) is 0 Å². The van der Waals surface area contributed by atoms with E-state index in [2.05, 4.69) is 4.52 Å². The Kier molecular flexibility index (Phi) is 2.45. The van der Waals surface area contributed by atoms with E-state index in [1.165, 1.54) is 0 Å². The number of hydrogen-bond donors (Lipinski definition) is 3. The van der Waals surface area contributed by atoms with Gasteiger partial charge in [0.15, 0.2) is 0 Å². The molecule has 1 unspecified atom stereocenters. The van der Waals surface area contributed by atoms with Crippen molar-refractivity contribution in [2.24, 2.45) is 5.73 Å². The minimum atomic E-state index is -4.51. The van der Waals surface area contributed by atoms with Crippen molar-refractivity contribution < 1.29 is 20.2 Å². The van der Waals surface area contributed by atoms with Crippen LogP contribution in [0, 0.1) is 0 Å². The van der Waals surface area contributed by atoms with Crippen molar-refractivity contribution in [1.82, 2.24) is 0 Å². The standard InChI is InChI=1S/C2H8NO4P/c3-1-2-7-8(4,5)6/h1-3H2,(H2,4,5,6)/i2D. The summed E-state index contributed by atoms with van der Waals surface area (Å²) in [7, 11) is -4.51. The summed E-state index contributed by atoms with van der Waals surface area (Å²) >= 11 is 0. The first-order valence-corrected chi connectivity index (χ1v) is 3.35. The fraction of sp³-hybridized carbons (Fsp3) is 1.00. The lowest BCUT2D eigenvalue weighted by Crippen LogP contribution is -2.06. The molecule has 0 spiro atoms. The molecular formula is C2H8NO4P. The first kappa shape index (κ1) is 6.19. The minimum absolute atomic E-state index is 0.231. The number of nitrogens with two attached hydrogens (primary N) is 1. The molecule has 0 aliphatic heterocycles. The molecule has 0 aromatic rings. The maximum Gasteiger partial charge on any atom is 0.469 e. The molecule has 0 rings (SSSR count). The van der Waals surface area contributed by atoms with Gasteiger partial charge in [-0.3, -0.25) is 4.52 Å². The lowest BCUT2D eigenvalue weighted by molar-refractivity contribution is 0.202. The molecule has 0 heterocycles. The molecule has 0 aliphatic rings. The Morgan fingerprint density at radius 3 is 2.50 bits per heavy atom. The van der Waals surface area contributed by atoms with Crippen LogP contribution in [0.2, 0.25) is 0 Å². The van der Waals surface area contributed by atoms with Crippen LogP contribution in [0.3, 0.4) is 0 Å². The molecule has 0 bridgehead atoms. The molecule has 0 fully saturated rings. The summed E-state index contributed by atoms with van der Waals surface area (Å²) in [5.41, 5.74) is 4.82. The van der Waals surface area contributed by atoms with Gasteiger partial charge in [0.2, 0.25) is 0 Å². The van der Waals surface area contributed by atoms with Gasteiger partial charge in [-0.25, -0.2) is 4.57 Å². The Labute approximate surface area is 48.1 Å². The van der Waals surface area contributed by atoms with E-state index in [0.29, 0.717) is 0 Å². The SMILES string of the molecule is [2H]C(CN)OP(=O)(O)O. The van der Waals surface area contributed by atoms with Gasteiger partial charge in [0, 0.05) is 6.54 Å². The predicted octanol–water partition coefficient (Wildman–Crippen LogP) is -0.946. The molecule has 0 saturated carbocycles. The lowest BCUT2D eigenvalue weighted by atomic mass is 10.8. The quantitative estimate of drug-likeness (QED) is 0.442. The van der Waals surface area contributed by atoms with Crippen molar-refractivity contribution in [2.45, 2.75) is 0 Å². The molecule has 50 valence electrons. The number of hydrogen-bond acceptors (Lipinski definition) is 3. The van der Waals surface area contributed by atoms with E-state index in [4.69, 9.17) is 16.9 Å². The Hall–Kier alpha value is 0.0700. The monoisotopic (exact) mass is 142 g/mol. The fourth-order valence-corrected chi connectivity index (χ4v) is 0.420. The van der Waals surface area contributed by atoms with E-state index in [-0.39, 0.29) is 6.54 Å². The molecule has 0 radical (unpaired) electrons. The van der Waals surface area contributed by atoms with Gasteiger partial charge in [-0.1, -0.05) is 0 Å². The summed E-state index contributed by atoms with van der Waals surface area (Å²) < 4.78 is 20.3. The Morgan fingerprint density at radius 2 is 2.38 bits per heavy atom. The molecule has 0 saturated heterocycles. The van der Waals surface area contributed by atoms with Crippen molar-refractivity contribution in [2.75, 3.05) is 13.1 Å². The molecule has 6 heteroatoms. The third-order valence-corrected chi connectivity index (χ3v) is 0.732. The topological polar surface area (TPSA) is 92.8 Å². The highest BCUT2D eigenvalue weighted by Crippen LogP contribution is 2.34. The molecule has 8 heavy (non-hydrogen) atoms. The maximum atomic E-state index is 9.90. The zero-order valence-electron chi connectivity index (χ0n) is 5.02. The van der Waals surface area contributed by atoms with E-state index in [0.717, 1.165) is 0 Å². The summed E-state index contributed by atoms with van der Waals surface area (Å²) in [6.45, 7) is -1.57. The van der Waals surface area contributed by atoms with Gasteiger partial charge in [-0.15, -0.1) is 0 Å². The van der Waals surface area contributed by atoms with Crippen LogP contribution in [0.15, 0.2) is 0 Å². The van der Waals surface area contributed by atoms with Crippen LogP contribution in [-0.4, -0.2) is 22.9 Å². The highest BCUT2D eigenvalue weighted by molar-refractivity contribution is 7.46. The molecular weight excluding hydrogens is 133 g/mol. The second-order valence-corrected chi connectivity index (χ2v) is 2.19. The smallest absolute Gasteiger partial charge is 0.328 e. The van der Waals surface area contributed by atoms with Crippen LogP contribution in [0.25, 0.3) is 0 Å². The van der Waals surface area contributed by atoms with Crippen LogP contribution < -0.4 is 5.73 Å². The first-order chi connectivity index (χ1) is 3.95. The Morgan fingerprint density at radius 1 is 1.88 bits per heavy atom. The van der Waals surface area contributed by atoms with Gasteiger partial charge in [-0.2, -0.15) is 0 Å². The lowest BCUT2D eigenvalue weighted by Gasteiger charge is -2.00. The summed E-state index contributed by atoms with van der Waals surface area (Å²) in [6, 6.07) is 0. The van der Waals surface area contributed by atoms with Gasteiger partial charge >= 0.3 is 7.82 Å². The van der Waals surface area contributed by atoms with Crippen molar-refractivity contribution in [3.63, 3.8) is 0 Å². The Bertz CT molecular complexity index is 124. The predicted molar refractivity (Wildman–Crippen MR) is 27.1 cm³/mol. The highest BCUT2D eigenvalue weighted by Gasteiger charge is 2.11. The largest absolute Gasteiger partial charge is 0.469 e. The minimum Gasteiger partial charge on any atom is -0.328 e. The van der Waals surface area contributed by atoms with E-state index in [9.17, 15) is 4.57 Å². The summed E-state index contributed by atoms with van der Waals surface area (Å²) in [4.78, 5) is 16.1. The molecule has 4 N–H and O–H groups in total. The van der Waals surface area contributed by atoms with Crippen LogP contribution in [-0.2, 0) is 9.09 Å². The zero-order chi connectivity index (χ0) is 7.49. The Balaban J connectivity index is 3.60. The first-order valence-electron chi connectivity index (χ1n) is 2.39. The number of rotatable bonds is 3. The molecule has 0 aromatic carbocycles. The van der Waals surface area contributed by atoms with Crippen molar-refractivity contribution in [3.05, 3.63) is 0 Å². The second kappa shape index (κ2) is 3.17. The summed E-state index contributed by atoms with van der Waals surface area (Å²) in [6.07, 6.45) is 0. The zero-order valence-corrected chi connectivity index (χ0v) is 4.91. The van der Waals surface area contributed by atoms with Crippen LogP contribution >= 0.6 is 7.82 Å². The van der Waals surface area contributed by atoms with E-state index in [1.54, 1.807) is 0 Å². The van der Waals surface area contributed by atoms with Gasteiger partial charge in [0.05, 0.1) is 7.95 Å².